The van der Waals surface area contributed by atoms with Crippen LogP contribution in [-0.2, 0) is 4.57 Å². The van der Waals surface area contributed by atoms with E-state index in [1.807, 2.05) is 0 Å². The summed E-state index contributed by atoms with van der Waals surface area (Å²) in [6, 6.07) is 0. The summed E-state index contributed by atoms with van der Waals surface area (Å²) in [5.41, 5.74) is 0. The maximum absolute atomic E-state index is 8.88. The Morgan fingerprint density at radius 3 is 1.14 bits per heavy atom. The van der Waals surface area contributed by atoms with Crippen molar-refractivity contribution in [2.75, 3.05) is 0 Å². The standard InChI is InChI=1S/H3O4P.Pb.Sr.4H/c1-5(2,3)4;;;;;;/h(H3,1,2,3,4);;;;;;. The Bertz CT molecular complexity index is 57.8. The number of hydrogen-bond donors (Lipinski definition) is 3. The molecule has 0 fully saturated rings. The molecule has 0 amide bonds. The molecule has 7 heteroatoms. The van der Waals surface area contributed by atoms with Gasteiger partial charge in [0.25, 0.3) is 0 Å². The Kier molecular flexibility index (Phi) is 15.4. The molecular formula is H7O4PPbSr. The molecule has 0 rings (SSSR count). The first-order chi connectivity index (χ1) is 2.00. The topological polar surface area (TPSA) is 77.8 Å². The predicted molar refractivity (Wildman–Crippen MR) is 31.4 cm³/mol. The molecule has 7 heavy (non-hydrogen) atoms. The quantitative estimate of drug-likeness (QED) is 0.306. The van der Waals surface area contributed by atoms with Gasteiger partial charge in [-0.2, -0.15) is 0 Å². The molecule has 0 aliphatic carbocycles. The van der Waals surface area contributed by atoms with Gasteiger partial charge in [-0.25, -0.2) is 4.57 Å². The van der Waals surface area contributed by atoms with Crippen molar-refractivity contribution in [2.45, 2.75) is 0 Å². The molecule has 3 N–H and O–H groups in total. The maximum atomic E-state index is 8.88. The summed E-state index contributed by atoms with van der Waals surface area (Å²) >= 11 is 0. The van der Waals surface area contributed by atoms with Crippen LogP contribution in [0.25, 0.3) is 0 Å². The molecule has 0 bridgehead atoms. The average molecular weight is 397 g/mol. The van der Waals surface area contributed by atoms with Crippen LogP contribution in [0, 0.1) is 0 Å². The minimum atomic E-state index is -4.64. The molecule has 0 aromatic rings. The van der Waals surface area contributed by atoms with Gasteiger partial charge in [-0.3, -0.25) is 0 Å². The zero-order chi connectivity index (χ0) is 4.50. The Morgan fingerprint density at radius 2 is 1.14 bits per heavy atom. The van der Waals surface area contributed by atoms with E-state index >= 15 is 0 Å². The number of hydrogen-bond acceptors (Lipinski definition) is 1. The van der Waals surface area contributed by atoms with E-state index in [-0.39, 0.29) is 72.8 Å². The molecule has 0 aliphatic heterocycles. The van der Waals surface area contributed by atoms with Gasteiger partial charge in [0.15, 0.2) is 0 Å². The van der Waals surface area contributed by atoms with Gasteiger partial charge >= 0.3 is 80.6 Å². The molecule has 0 aliphatic rings. The van der Waals surface area contributed by atoms with Crippen molar-refractivity contribution in [3.63, 3.8) is 0 Å². The van der Waals surface area contributed by atoms with Gasteiger partial charge in [0.2, 0.25) is 0 Å². The van der Waals surface area contributed by atoms with E-state index in [1.165, 1.54) is 0 Å². The zero-order valence-electron chi connectivity index (χ0n) is 2.90. The number of phosphoric acid groups is 1. The Hall–Kier alpha value is 2.51. The van der Waals surface area contributed by atoms with Crippen LogP contribution in [0.2, 0.25) is 0 Å². The predicted octanol–water partition coefficient (Wildman–Crippen LogP) is -2.76. The molecule has 0 aromatic carbocycles. The van der Waals surface area contributed by atoms with Crippen LogP contribution >= 0.6 is 7.82 Å². The fourth-order valence-electron chi connectivity index (χ4n) is 0. The third kappa shape index (κ3) is 57.2. The Morgan fingerprint density at radius 1 is 1.14 bits per heavy atom. The molecule has 0 unspecified atom stereocenters. The van der Waals surface area contributed by atoms with E-state index in [4.69, 9.17) is 19.2 Å². The van der Waals surface area contributed by atoms with Crippen LogP contribution in [0.4, 0.5) is 0 Å². The van der Waals surface area contributed by atoms with E-state index in [9.17, 15) is 0 Å². The number of rotatable bonds is 0. The van der Waals surface area contributed by atoms with Crippen molar-refractivity contribution in [1.29, 1.82) is 0 Å². The minimum absolute atomic E-state index is 0. The summed E-state index contributed by atoms with van der Waals surface area (Å²) < 4.78 is 8.88. The van der Waals surface area contributed by atoms with Crippen LogP contribution in [0.1, 0.15) is 0 Å². The average Bonchev–Trinajstić information content (AvgIpc) is 0.722. The molecule has 0 atom stereocenters. The summed E-state index contributed by atoms with van der Waals surface area (Å²) in [6.07, 6.45) is 0. The van der Waals surface area contributed by atoms with Gasteiger partial charge in [-0.05, 0) is 0 Å². The SMILES string of the molecule is O=P(O)(O)O.[PbH2].[SrH2]. The van der Waals surface area contributed by atoms with Crippen LogP contribution in [0.15, 0.2) is 0 Å². The molecule has 42 valence electrons. The van der Waals surface area contributed by atoms with Gasteiger partial charge in [0, 0.05) is 0 Å². The van der Waals surface area contributed by atoms with E-state index in [0.717, 1.165) is 0 Å². The first-order valence-corrected chi connectivity index (χ1v) is 2.35. The summed E-state index contributed by atoms with van der Waals surface area (Å²) in [4.78, 5) is 21.6. The molecule has 0 saturated heterocycles. The second kappa shape index (κ2) is 6.63. The van der Waals surface area contributed by atoms with Gasteiger partial charge < -0.3 is 14.7 Å². The Labute approximate surface area is 98.0 Å². The van der Waals surface area contributed by atoms with Crippen molar-refractivity contribution in [3.05, 3.63) is 0 Å². The Balaban J connectivity index is -0.0000000800. The first-order valence-electron chi connectivity index (χ1n) is 0.783. The molecule has 0 heterocycles. The normalized spacial score (nSPS) is 8.43. The van der Waals surface area contributed by atoms with Crippen molar-refractivity contribution in [1.82, 2.24) is 0 Å². The van der Waals surface area contributed by atoms with E-state index in [1.54, 1.807) is 0 Å². The van der Waals surface area contributed by atoms with Crippen molar-refractivity contribution in [3.8, 4) is 0 Å². The summed E-state index contributed by atoms with van der Waals surface area (Å²) in [7, 11) is -4.64. The fraction of sp³-hybridized carbons (Fsp3) is 0. The van der Waals surface area contributed by atoms with Crippen molar-refractivity contribution >= 4 is 80.6 Å². The van der Waals surface area contributed by atoms with Crippen LogP contribution in [-0.4, -0.2) is 87.5 Å². The molecule has 0 spiro atoms. The summed E-state index contributed by atoms with van der Waals surface area (Å²) in [5, 5.41) is 0. The third-order valence-electron chi connectivity index (χ3n) is 0. The van der Waals surface area contributed by atoms with Crippen LogP contribution in [0.5, 0.6) is 0 Å². The van der Waals surface area contributed by atoms with E-state index < -0.39 is 7.82 Å². The first kappa shape index (κ1) is 16.3. The van der Waals surface area contributed by atoms with E-state index in [0.29, 0.717) is 0 Å². The molecule has 4 nitrogen and oxygen atoms in total. The summed E-state index contributed by atoms with van der Waals surface area (Å²) in [6.45, 7) is 0. The van der Waals surface area contributed by atoms with Gasteiger partial charge in [0.1, 0.15) is 0 Å². The second-order valence-corrected chi connectivity index (χ2v) is 1.54. The van der Waals surface area contributed by atoms with Crippen LogP contribution in [0.3, 0.4) is 0 Å². The molecular weight excluding hydrogens is 390 g/mol. The fourth-order valence-corrected chi connectivity index (χ4v) is 0. The van der Waals surface area contributed by atoms with Crippen molar-refractivity contribution < 1.29 is 19.2 Å². The monoisotopic (exact) mass is 398 g/mol. The van der Waals surface area contributed by atoms with Crippen molar-refractivity contribution in [2.24, 2.45) is 0 Å². The zero-order valence-corrected chi connectivity index (χ0v) is 9.30. The second-order valence-electron chi connectivity index (χ2n) is 0.513. The van der Waals surface area contributed by atoms with Crippen LogP contribution < -0.4 is 0 Å². The van der Waals surface area contributed by atoms with Gasteiger partial charge in [0.05, 0.1) is 0 Å². The summed E-state index contributed by atoms with van der Waals surface area (Å²) in [5.74, 6) is 0. The van der Waals surface area contributed by atoms with Gasteiger partial charge in [-0.1, -0.05) is 0 Å². The molecule has 2 radical (unpaired) electrons. The van der Waals surface area contributed by atoms with Gasteiger partial charge in [-0.15, -0.1) is 0 Å². The molecule has 0 saturated carbocycles. The molecule has 0 aromatic heterocycles. The third-order valence-corrected chi connectivity index (χ3v) is 0. The van der Waals surface area contributed by atoms with E-state index in [2.05, 4.69) is 0 Å².